The van der Waals surface area contributed by atoms with Crippen molar-refractivity contribution in [3.63, 3.8) is 0 Å². The number of imidazole rings is 1. The van der Waals surface area contributed by atoms with Gasteiger partial charge in [0.2, 0.25) is 0 Å². The van der Waals surface area contributed by atoms with Crippen molar-refractivity contribution in [3.05, 3.63) is 84.2 Å². The Kier molecular flexibility index (Phi) is 5.62. The Morgan fingerprint density at radius 2 is 1.63 bits per heavy atom. The van der Waals surface area contributed by atoms with E-state index in [2.05, 4.69) is 81.9 Å². The highest BCUT2D eigenvalue weighted by Crippen LogP contribution is 2.42. The van der Waals surface area contributed by atoms with Crippen LogP contribution in [0, 0.1) is 11.3 Å². The summed E-state index contributed by atoms with van der Waals surface area (Å²) in [5.74, 6) is 0. The molecule has 35 heavy (non-hydrogen) atoms. The number of nitriles is 1. The smallest absolute Gasteiger partial charge is 0.284 e. The first kappa shape index (κ1) is 22.0. The topological polar surface area (TPSA) is 62.7 Å². The second-order valence-electron chi connectivity index (χ2n) is 9.84. The molecule has 2 aliphatic rings. The predicted molar refractivity (Wildman–Crippen MR) is 135 cm³/mol. The molecule has 0 radical (unpaired) electrons. The average Bonchev–Trinajstić information content (AvgIpc) is 3.60. The highest BCUT2D eigenvalue weighted by atomic mass is 16.6. The minimum absolute atomic E-state index is 0.185. The van der Waals surface area contributed by atoms with Crippen LogP contribution in [0.1, 0.15) is 30.1 Å². The van der Waals surface area contributed by atoms with Crippen LogP contribution in [0.15, 0.2) is 73.1 Å². The fraction of sp³-hybridized carbons (Fsp3) is 0.310. The first-order valence-corrected chi connectivity index (χ1v) is 12.3. The van der Waals surface area contributed by atoms with Gasteiger partial charge < -0.3 is 9.64 Å². The molecule has 0 saturated carbocycles. The number of nitrogens with one attached hydrogen (secondary N) is 1. The van der Waals surface area contributed by atoms with Gasteiger partial charge in [-0.25, -0.2) is 4.98 Å². The summed E-state index contributed by atoms with van der Waals surface area (Å²) in [6, 6.07) is 23.6. The summed E-state index contributed by atoms with van der Waals surface area (Å²) in [4.78, 5) is 8.19. The van der Waals surface area contributed by atoms with Gasteiger partial charge in [-0.1, -0.05) is 24.3 Å². The number of hydrogen-bond donors (Lipinski definition) is 1. The molecule has 2 fully saturated rings. The largest absolute Gasteiger partial charge is 0.348 e. The summed E-state index contributed by atoms with van der Waals surface area (Å²) in [7, 11) is 4.36. The van der Waals surface area contributed by atoms with E-state index in [9.17, 15) is 0 Å². The molecule has 2 aliphatic heterocycles. The van der Waals surface area contributed by atoms with Crippen LogP contribution in [-0.2, 0) is 4.74 Å². The predicted octanol–water partition coefficient (Wildman–Crippen LogP) is 4.38. The van der Waals surface area contributed by atoms with Crippen LogP contribution >= 0.6 is 0 Å². The number of H-pyrrole nitrogens is 1. The maximum atomic E-state index is 9.09. The van der Waals surface area contributed by atoms with Crippen molar-refractivity contribution in [2.75, 3.05) is 27.2 Å². The minimum atomic E-state index is 0.185. The number of benzene rings is 2. The molecule has 2 aromatic carbocycles. The van der Waals surface area contributed by atoms with Gasteiger partial charge in [0.15, 0.2) is 5.69 Å². The maximum Gasteiger partial charge on any atom is 0.284 e. The van der Waals surface area contributed by atoms with Gasteiger partial charge in [-0.05, 0) is 68.4 Å². The number of likely N-dealkylation sites (tertiary alicyclic amines) is 1. The van der Waals surface area contributed by atoms with E-state index in [0.29, 0.717) is 11.6 Å². The second-order valence-corrected chi connectivity index (χ2v) is 9.84. The van der Waals surface area contributed by atoms with Crippen molar-refractivity contribution in [1.82, 2.24) is 14.8 Å². The molecule has 4 heterocycles. The Balaban J connectivity index is 1.18. The number of rotatable bonds is 5. The SMILES string of the molecule is CN(C)C1CCN(C2OC2c2ccc(-c3ccc4[nH]cc(-c5ccc(C#N)cc5)[n+]4c3)cc2)CC1. The van der Waals surface area contributed by atoms with E-state index in [1.165, 1.54) is 24.0 Å². The van der Waals surface area contributed by atoms with Crippen LogP contribution in [0.3, 0.4) is 0 Å². The lowest BCUT2D eigenvalue weighted by Crippen LogP contribution is -2.43. The Bertz CT molecular complexity index is 1380. The molecule has 4 aromatic rings. The van der Waals surface area contributed by atoms with Crippen LogP contribution in [0.4, 0.5) is 0 Å². The highest BCUT2D eigenvalue weighted by molar-refractivity contribution is 5.65. The van der Waals surface area contributed by atoms with Crippen LogP contribution in [0.25, 0.3) is 28.0 Å². The number of piperidine rings is 1. The average molecular weight is 465 g/mol. The summed E-state index contributed by atoms with van der Waals surface area (Å²) in [5.41, 5.74) is 7.41. The number of hydrogen-bond acceptors (Lipinski definition) is 4. The second kappa shape index (κ2) is 8.94. The summed E-state index contributed by atoms with van der Waals surface area (Å²) in [5, 5.41) is 9.09. The Hall–Kier alpha value is -3.50. The van der Waals surface area contributed by atoms with Gasteiger partial charge in [0.25, 0.3) is 5.65 Å². The molecule has 2 unspecified atom stereocenters. The van der Waals surface area contributed by atoms with E-state index in [0.717, 1.165) is 35.6 Å². The van der Waals surface area contributed by atoms with Crippen LogP contribution < -0.4 is 4.40 Å². The normalized spacial score (nSPS) is 20.9. The van der Waals surface area contributed by atoms with Gasteiger partial charge in [0.05, 0.1) is 11.6 Å². The van der Waals surface area contributed by atoms with Gasteiger partial charge in [0.1, 0.15) is 24.7 Å². The molecule has 0 spiro atoms. The molecule has 1 N–H and O–H groups in total. The molecule has 6 nitrogen and oxygen atoms in total. The van der Waals surface area contributed by atoms with E-state index in [1.807, 2.05) is 30.5 Å². The summed E-state index contributed by atoms with van der Waals surface area (Å²) in [6.45, 7) is 2.22. The van der Waals surface area contributed by atoms with Crippen molar-refractivity contribution in [3.8, 4) is 28.5 Å². The fourth-order valence-corrected chi connectivity index (χ4v) is 5.29. The Morgan fingerprint density at radius 1 is 0.943 bits per heavy atom. The number of aromatic amines is 1. The van der Waals surface area contributed by atoms with E-state index < -0.39 is 0 Å². The van der Waals surface area contributed by atoms with Crippen molar-refractivity contribution >= 4 is 5.65 Å². The quantitative estimate of drug-likeness (QED) is 0.352. The van der Waals surface area contributed by atoms with Gasteiger partial charge in [-0.3, -0.25) is 4.90 Å². The zero-order valence-electron chi connectivity index (χ0n) is 20.2. The molecule has 0 amide bonds. The molecule has 6 rings (SSSR count). The lowest BCUT2D eigenvalue weighted by atomic mass is 10.0. The van der Waals surface area contributed by atoms with Gasteiger partial charge >= 0.3 is 0 Å². The Labute approximate surface area is 206 Å². The van der Waals surface area contributed by atoms with Crippen molar-refractivity contribution in [2.45, 2.75) is 31.2 Å². The number of ether oxygens (including phenoxy) is 1. The van der Waals surface area contributed by atoms with E-state index in [1.54, 1.807) is 0 Å². The molecule has 0 bridgehead atoms. The molecule has 176 valence electrons. The first-order valence-electron chi connectivity index (χ1n) is 12.3. The third kappa shape index (κ3) is 4.23. The monoisotopic (exact) mass is 464 g/mol. The zero-order valence-corrected chi connectivity index (χ0v) is 20.2. The number of aromatic nitrogens is 2. The first-order chi connectivity index (χ1) is 17.1. The maximum absolute atomic E-state index is 9.09. The molecular weight excluding hydrogens is 434 g/mol. The third-order valence-electron chi connectivity index (χ3n) is 7.50. The molecule has 2 saturated heterocycles. The van der Waals surface area contributed by atoms with Crippen molar-refractivity contribution in [2.24, 2.45) is 0 Å². The number of pyridine rings is 1. The minimum Gasteiger partial charge on any atom is -0.348 e. The van der Waals surface area contributed by atoms with Crippen molar-refractivity contribution < 1.29 is 9.14 Å². The molecule has 0 aliphatic carbocycles. The van der Waals surface area contributed by atoms with E-state index >= 15 is 0 Å². The number of epoxide rings is 1. The van der Waals surface area contributed by atoms with Crippen LogP contribution in [0.5, 0.6) is 0 Å². The number of fused-ring (bicyclic) bond motifs is 1. The number of nitrogens with zero attached hydrogens (tertiary/aromatic N) is 4. The molecule has 2 atom stereocenters. The van der Waals surface area contributed by atoms with Crippen LogP contribution in [-0.4, -0.2) is 54.2 Å². The fourth-order valence-electron chi connectivity index (χ4n) is 5.29. The van der Waals surface area contributed by atoms with Gasteiger partial charge in [-0.15, -0.1) is 0 Å². The third-order valence-corrected chi connectivity index (χ3v) is 7.50. The Morgan fingerprint density at radius 3 is 2.31 bits per heavy atom. The zero-order chi connectivity index (χ0) is 23.9. The summed E-state index contributed by atoms with van der Waals surface area (Å²) in [6.07, 6.45) is 7.01. The standard InChI is InChI=1S/C29H29N5O/c1-32(2)25-13-15-33(16-14-25)29-28(35-29)23-9-7-21(8-10-23)24-11-12-27-31-18-26(34(27)19-24)22-5-3-20(17-30)4-6-22/h3-12,18-19,25,28-29H,13-16H2,1-2H3/p+1. The van der Waals surface area contributed by atoms with Gasteiger partial charge in [-0.2, -0.15) is 9.66 Å². The van der Waals surface area contributed by atoms with E-state index in [-0.39, 0.29) is 12.3 Å². The summed E-state index contributed by atoms with van der Waals surface area (Å²) < 4.78 is 8.26. The van der Waals surface area contributed by atoms with Gasteiger partial charge in [0, 0.05) is 36.3 Å². The molecular formula is C29H30N5O+. The summed E-state index contributed by atoms with van der Waals surface area (Å²) >= 11 is 0. The van der Waals surface area contributed by atoms with Crippen LogP contribution in [0.2, 0.25) is 0 Å². The molecule has 6 heteroatoms. The lowest BCUT2D eigenvalue weighted by Gasteiger charge is -2.34. The van der Waals surface area contributed by atoms with Crippen molar-refractivity contribution in [1.29, 1.82) is 5.26 Å². The van der Waals surface area contributed by atoms with E-state index in [4.69, 9.17) is 10.00 Å². The lowest BCUT2D eigenvalue weighted by molar-refractivity contribution is -0.497. The molecule has 2 aromatic heterocycles. The highest BCUT2D eigenvalue weighted by Gasteiger charge is 2.45.